The number of likely N-dealkylation sites (N-methyl/N-ethyl adjacent to an activating group) is 1. The van der Waals surface area contributed by atoms with Crippen molar-refractivity contribution in [2.24, 2.45) is 0 Å². The van der Waals surface area contributed by atoms with E-state index in [2.05, 4.69) is 4.98 Å². The van der Waals surface area contributed by atoms with Gasteiger partial charge < -0.3 is 15.4 Å². The smallest absolute Gasteiger partial charge is 0.266 e. The van der Waals surface area contributed by atoms with Crippen LogP contribution in [0, 0.1) is 13.8 Å². The molecule has 0 aromatic carbocycles. The summed E-state index contributed by atoms with van der Waals surface area (Å²) < 4.78 is 6.11. The van der Waals surface area contributed by atoms with Gasteiger partial charge in [0.1, 0.15) is 4.88 Å². The summed E-state index contributed by atoms with van der Waals surface area (Å²) in [6, 6.07) is 1.96. The third kappa shape index (κ3) is 2.87. The molecule has 114 valence electrons. The first-order valence-electron chi connectivity index (χ1n) is 6.79. The largest absolute Gasteiger partial charge is 0.397 e. The topological polar surface area (TPSA) is 68.5 Å². The van der Waals surface area contributed by atoms with Crippen LogP contribution < -0.4 is 5.73 Å². The standard InChI is InChI=1S/C15H21N3O2S/c1-8-6-11-12(10(3)17-8)13(16)14(21-11)15(19)18(4)9(2)7-20-5/h6,9H,7,16H2,1-5H3. The fraction of sp³-hybridized carbons (Fsp3) is 0.467. The van der Waals surface area contributed by atoms with Crippen LogP contribution in [0.25, 0.3) is 10.1 Å². The molecule has 0 saturated heterocycles. The number of hydrogen-bond donors (Lipinski definition) is 1. The van der Waals surface area contributed by atoms with Crippen LogP contribution in [0.1, 0.15) is 28.0 Å². The van der Waals surface area contributed by atoms with Crippen molar-refractivity contribution in [3.8, 4) is 0 Å². The Labute approximate surface area is 128 Å². The average molecular weight is 307 g/mol. The average Bonchev–Trinajstić information content (AvgIpc) is 2.74. The van der Waals surface area contributed by atoms with Gasteiger partial charge in [0, 0.05) is 35.6 Å². The number of fused-ring (bicyclic) bond motifs is 1. The van der Waals surface area contributed by atoms with Crippen molar-refractivity contribution < 1.29 is 9.53 Å². The van der Waals surface area contributed by atoms with Crippen molar-refractivity contribution in [3.63, 3.8) is 0 Å². The Morgan fingerprint density at radius 1 is 1.52 bits per heavy atom. The van der Waals surface area contributed by atoms with Gasteiger partial charge in [0.2, 0.25) is 0 Å². The molecule has 2 aromatic heterocycles. The lowest BCUT2D eigenvalue weighted by molar-refractivity contribution is 0.0639. The molecule has 2 aromatic rings. The molecule has 5 nitrogen and oxygen atoms in total. The number of rotatable bonds is 4. The van der Waals surface area contributed by atoms with Gasteiger partial charge in [-0.25, -0.2) is 0 Å². The SMILES string of the molecule is COCC(C)N(C)C(=O)c1sc2cc(C)nc(C)c2c1N. The van der Waals surface area contributed by atoms with E-state index in [0.29, 0.717) is 17.2 Å². The minimum atomic E-state index is -0.0738. The van der Waals surface area contributed by atoms with Gasteiger partial charge in [0.15, 0.2) is 0 Å². The van der Waals surface area contributed by atoms with Crippen LogP contribution in [-0.2, 0) is 4.74 Å². The molecule has 0 bridgehead atoms. The minimum absolute atomic E-state index is 0.00642. The Kier molecular flexibility index (Phi) is 4.49. The zero-order valence-electron chi connectivity index (χ0n) is 13.1. The monoisotopic (exact) mass is 307 g/mol. The Morgan fingerprint density at radius 3 is 2.81 bits per heavy atom. The number of thiophene rings is 1. The first-order valence-corrected chi connectivity index (χ1v) is 7.60. The summed E-state index contributed by atoms with van der Waals surface area (Å²) in [4.78, 5) is 19.3. The van der Waals surface area contributed by atoms with Crippen molar-refractivity contribution >= 4 is 33.0 Å². The Morgan fingerprint density at radius 2 is 2.19 bits per heavy atom. The highest BCUT2D eigenvalue weighted by molar-refractivity contribution is 7.21. The maximum Gasteiger partial charge on any atom is 0.266 e. The van der Waals surface area contributed by atoms with Gasteiger partial charge in [-0.3, -0.25) is 9.78 Å². The highest BCUT2D eigenvalue weighted by atomic mass is 32.1. The van der Waals surface area contributed by atoms with E-state index in [9.17, 15) is 4.79 Å². The van der Waals surface area contributed by atoms with Gasteiger partial charge in [-0.05, 0) is 26.8 Å². The summed E-state index contributed by atoms with van der Waals surface area (Å²) >= 11 is 1.43. The molecule has 1 unspecified atom stereocenters. The number of aryl methyl sites for hydroxylation is 2. The van der Waals surface area contributed by atoms with E-state index in [-0.39, 0.29) is 11.9 Å². The number of nitrogen functional groups attached to an aromatic ring is 1. The quantitative estimate of drug-likeness (QED) is 0.942. The maximum atomic E-state index is 12.6. The van der Waals surface area contributed by atoms with Gasteiger partial charge in [-0.2, -0.15) is 0 Å². The number of methoxy groups -OCH3 is 1. The van der Waals surface area contributed by atoms with E-state index in [4.69, 9.17) is 10.5 Å². The van der Waals surface area contributed by atoms with Crippen LogP contribution in [0.3, 0.4) is 0 Å². The molecule has 0 aliphatic rings. The first-order chi connectivity index (χ1) is 9.86. The van der Waals surface area contributed by atoms with Crippen LogP contribution in [0.4, 0.5) is 5.69 Å². The van der Waals surface area contributed by atoms with Gasteiger partial charge in [0.25, 0.3) is 5.91 Å². The molecule has 0 saturated carbocycles. The molecule has 0 radical (unpaired) electrons. The van der Waals surface area contributed by atoms with E-state index in [1.807, 2.05) is 26.8 Å². The fourth-order valence-corrected chi connectivity index (χ4v) is 3.60. The fourth-order valence-electron chi connectivity index (χ4n) is 2.35. The predicted molar refractivity (Wildman–Crippen MR) is 86.9 cm³/mol. The molecule has 2 rings (SSSR count). The number of ether oxygens (including phenoxy) is 1. The zero-order chi connectivity index (χ0) is 15.7. The number of anilines is 1. The lowest BCUT2D eigenvalue weighted by atomic mass is 10.2. The number of nitrogens with two attached hydrogens (primary N) is 1. The molecule has 0 spiro atoms. The van der Waals surface area contributed by atoms with Crippen LogP contribution in [0.5, 0.6) is 0 Å². The lowest BCUT2D eigenvalue weighted by Crippen LogP contribution is -2.37. The number of carbonyl (C=O) groups excluding carboxylic acids is 1. The van der Waals surface area contributed by atoms with Crippen LogP contribution >= 0.6 is 11.3 Å². The second-order valence-electron chi connectivity index (χ2n) is 5.29. The summed E-state index contributed by atoms with van der Waals surface area (Å²) in [5.41, 5.74) is 8.52. The maximum absolute atomic E-state index is 12.6. The molecule has 2 N–H and O–H groups in total. The highest BCUT2D eigenvalue weighted by Crippen LogP contribution is 2.36. The summed E-state index contributed by atoms with van der Waals surface area (Å²) in [7, 11) is 3.40. The molecule has 0 fully saturated rings. The normalized spacial score (nSPS) is 12.6. The number of carbonyl (C=O) groups is 1. The molecule has 0 aliphatic heterocycles. The summed E-state index contributed by atoms with van der Waals surface area (Å²) in [6.07, 6.45) is 0. The molecular formula is C15H21N3O2S. The molecule has 6 heteroatoms. The Bertz CT molecular complexity index is 681. The van der Waals surface area contributed by atoms with Gasteiger partial charge in [-0.15, -0.1) is 11.3 Å². The molecule has 0 aliphatic carbocycles. The van der Waals surface area contributed by atoms with Crippen LogP contribution in [-0.4, -0.2) is 42.6 Å². The number of amides is 1. The van der Waals surface area contributed by atoms with Crippen molar-refractivity contribution in [1.82, 2.24) is 9.88 Å². The Balaban J connectivity index is 2.45. The van der Waals surface area contributed by atoms with Gasteiger partial charge in [-0.1, -0.05) is 0 Å². The van der Waals surface area contributed by atoms with E-state index < -0.39 is 0 Å². The third-order valence-corrected chi connectivity index (χ3v) is 4.74. The van der Waals surface area contributed by atoms with Crippen molar-refractivity contribution in [2.45, 2.75) is 26.8 Å². The first kappa shape index (κ1) is 15.7. The third-order valence-electron chi connectivity index (χ3n) is 3.60. The van der Waals surface area contributed by atoms with Crippen LogP contribution in [0.2, 0.25) is 0 Å². The lowest BCUT2D eigenvalue weighted by Gasteiger charge is -2.23. The van der Waals surface area contributed by atoms with Crippen molar-refractivity contribution in [1.29, 1.82) is 0 Å². The van der Waals surface area contributed by atoms with E-state index >= 15 is 0 Å². The van der Waals surface area contributed by atoms with E-state index in [1.54, 1.807) is 19.1 Å². The predicted octanol–water partition coefficient (Wildman–Crippen LogP) is 2.60. The van der Waals surface area contributed by atoms with E-state index in [1.165, 1.54) is 11.3 Å². The minimum Gasteiger partial charge on any atom is -0.397 e. The molecule has 1 amide bonds. The summed E-state index contributed by atoms with van der Waals surface area (Å²) in [5, 5.41) is 0.891. The van der Waals surface area contributed by atoms with Gasteiger partial charge in [0.05, 0.1) is 18.3 Å². The number of nitrogens with zero attached hydrogens (tertiary/aromatic N) is 2. The number of aromatic nitrogens is 1. The van der Waals surface area contributed by atoms with Crippen molar-refractivity contribution in [2.75, 3.05) is 26.5 Å². The second kappa shape index (κ2) is 5.99. The zero-order valence-corrected chi connectivity index (χ0v) is 13.9. The molecule has 1 atom stereocenters. The number of hydrogen-bond acceptors (Lipinski definition) is 5. The Hall–Kier alpha value is -1.66. The molecule has 21 heavy (non-hydrogen) atoms. The summed E-state index contributed by atoms with van der Waals surface area (Å²) in [5.74, 6) is -0.0738. The van der Waals surface area contributed by atoms with E-state index in [0.717, 1.165) is 21.5 Å². The molecular weight excluding hydrogens is 286 g/mol. The van der Waals surface area contributed by atoms with Crippen LogP contribution in [0.15, 0.2) is 6.07 Å². The van der Waals surface area contributed by atoms with Gasteiger partial charge >= 0.3 is 0 Å². The number of pyridine rings is 1. The molecule has 2 heterocycles. The highest BCUT2D eigenvalue weighted by Gasteiger charge is 2.24. The summed E-state index contributed by atoms with van der Waals surface area (Å²) in [6.45, 7) is 6.30. The second-order valence-corrected chi connectivity index (χ2v) is 6.34. The van der Waals surface area contributed by atoms with Crippen molar-refractivity contribution in [3.05, 3.63) is 22.3 Å².